The van der Waals surface area contributed by atoms with Gasteiger partial charge in [0.25, 0.3) is 5.91 Å². The zero-order valence-electron chi connectivity index (χ0n) is 14.4. The number of carbonyl (C=O) groups is 2. The Bertz CT molecular complexity index is 950. The van der Waals surface area contributed by atoms with Crippen molar-refractivity contribution in [3.63, 3.8) is 0 Å². The van der Waals surface area contributed by atoms with Crippen molar-refractivity contribution in [3.05, 3.63) is 107 Å². The molecule has 1 amide bonds. The molecule has 0 aliphatic rings. The molecule has 3 aromatic carbocycles. The summed E-state index contributed by atoms with van der Waals surface area (Å²) in [6.07, 6.45) is 2.72. The molecule has 5 heteroatoms. The maximum atomic E-state index is 12.1. The lowest BCUT2D eigenvalue weighted by Gasteiger charge is -2.06. The van der Waals surface area contributed by atoms with Gasteiger partial charge in [-0.2, -0.15) is 0 Å². The molecule has 0 bridgehead atoms. The summed E-state index contributed by atoms with van der Waals surface area (Å²) in [4.78, 5) is 24.1. The summed E-state index contributed by atoms with van der Waals surface area (Å²) in [7, 11) is 0. The molecule has 0 aliphatic heterocycles. The van der Waals surface area contributed by atoms with Crippen molar-refractivity contribution in [2.24, 2.45) is 0 Å². The number of rotatable bonds is 6. The van der Waals surface area contributed by atoms with Crippen LogP contribution in [0.15, 0.2) is 91.1 Å². The van der Waals surface area contributed by atoms with E-state index in [0.717, 1.165) is 11.1 Å². The molecule has 0 fully saturated rings. The van der Waals surface area contributed by atoms with Gasteiger partial charge in [-0.15, -0.1) is 0 Å². The average Bonchev–Trinajstić information content (AvgIpc) is 2.72. The molecule has 0 atom stereocenters. The van der Waals surface area contributed by atoms with Gasteiger partial charge in [0.2, 0.25) is 0 Å². The Morgan fingerprint density at radius 1 is 0.741 bits per heavy atom. The topological polar surface area (TPSA) is 58.2 Å². The first-order chi connectivity index (χ1) is 13.1. The van der Waals surface area contributed by atoms with Crippen LogP contribution in [0.1, 0.15) is 20.7 Å². The fraction of sp³-hybridized carbons (Fsp3) is 0. The van der Waals surface area contributed by atoms with Crippen LogP contribution in [0.3, 0.4) is 0 Å². The molecule has 0 saturated carbocycles. The van der Waals surface area contributed by atoms with E-state index in [1.165, 1.54) is 12.3 Å². The van der Waals surface area contributed by atoms with E-state index < -0.39 is 0 Å². The molecular weight excluding hydrogens is 360 g/mol. The van der Waals surface area contributed by atoms with E-state index in [2.05, 4.69) is 10.9 Å². The first kappa shape index (κ1) is 18.4. The van der Waals surface area contributed by atoms with Gasteiger partial charge in [0, 0.05) is 28.4 Å². The van der Waals surface area contributed by atoms with Crippen molar-refractivity contribution in [2.45, 2.75) is 0 Å². The van der Waals surface area contributed by atoms with E-state index in [1.807, 2.05) is 42.5 Å². The van der Waals surface area contributed by atoms with Crippen LogP contribution in [-0.2, 0) is 0 Å². The van der Waals surface area contributed by atoms with Crippen molar-refractivity contribution >= 4 is 23.3 Å². The number of hydrogen-bond acceptors (Lipinski definition) is 3. The maximum absolute atomic E-state index is 12.1. The molecule has 0 saturated heterocycles. The molecule has 2 N–H and O–H groups in total. The number of allylic oxidation sites excluding steroid dienone is 1. The Hall–Kier alpha value is -3.37. The maximum Gasteiger partial charge on any atom is 0.269 e. The minimum Gasteiger partial charge on any atom is -0.305 e. The minimum absolute atomic E-state index is 0.194. The van der Waals surface area contributed by atoms with Crippen LogP contribution in [0.25, 0.3) is 11.1 Å². The molecule has 3 aromatic rings. The largest absolute Gasteiger partial charge is 0.305 e. The second-order valence-corrected chi connectivity index (χ2v) is 6.18. The number of amides is 1. The smallest absolute Gasteiger partial charge is 0.269 e. The van der Waals surface area contributed by atoms with E-state index in [-0.39, 0.29) is 11.7 Å². The van der Waals surface area contributed by atoms with E-state index in [4.69, 9.17) is 11.6 Å². The Kier molecular flexibility index (Phi) is 6.02. The molecule has 27 heavy (non-hydrogen) atoms. The molecule has 3 rings (SSSR count). The van der Waals surface area contributed by atoms with E-state index in [0.29, 0.717) is 16.1 Å². The molecular formula is C22H17ClN2O2. The summed E-state index contributed by atoms with van der Waals surface area (Å²) in [6, 6.07) is 23.8. The van der Waals surface area contributed by atoms with Gasteiger partial charge in [-0.3, -0.25) is 15.0 Å². The summed E-state index contributed by atoms with van der Waals surface area (Å²) in [5, 5.41) is 0.569. The quantitative estimate of drug-likeness (QED) is 0.374. The highest BCUT2D eigenvalue weighted by Crippen LogP contribution is 2.19. The van der Waals surface area contributed by atoms with Crippen LogP contribution in [0.2, 0.25) is 5.02 Å². The molecule has 0 aliphatic carbocycles. The molecule has 0 aromatic heterocycles. The highest BCUT2D eigenvalue weighted by molar-refractivity contribution is 6.30. The predicted octanol–water partition coefficient (Wildman–Crippen LogP) is 4.64. The number of halogens is 1. The summed E-state index contributed by atoms with van der Waals surface area (Å²) in [5.41, 5.74) is 8.29. The van der Waals surface area contributed by atoms with Crippen LogP contribution >= 0.6 is 11.6 Å². The second-order valence-electron chi connectivity index (χ2n) is 5.75. The van der Waals surface area contributed by atoms with Crippen LogP contribution in [0.5, 0.6) is 0 Å². The molecule has 0 radical (unpaired) electrons. The molecule has 4 nitrogen and oxygen atoms in total. The monoisotopic (exact) mass is 376 g/mol. The number of nitrogens with one attached hydrogen (secondary N) is 2. The lowest BCUT2D eigenvalue weighted by molar-refractivity contribution is 0.0939. The summed E-state index contributed by atoms with van der Waals surface area (Å²) in [5.74, 6) is -0.487. The Morgan fingerprint density at radius 3 is 2.00 bits per heavy atom. The van der Waals surface area contributed by atoms with E-state index in [1.54, 1.807) is 36.4 Å². The molecule has 0 unspecified atom stereocenters. The lowest BCUT2D eigenvalue weighted by atomic mass is 10.0. The third-order valence-corrected chi connectivity index (χ3v) is 4.14. The zero-order chi connectivity index (χ0) is 19.1. The molecule has 0 heterocycles. The fourth-order valence-corrected chi connectivity index (χ4v) is 2.58. The van der Waals surface area contributed by atoms with Crippen LogP contribution in [0, 0.1) is 0 Å². The summed E-state index contributed by atoms with van der Waals surface area (Å²) >= 11 is 5.79. The summed E-state index contributed by atoms with van der Waals surface area (Å²) in [6.45, 7) is 0. The average molecular weight is 377 g/mol. The Labute approximate surface area is 162 Å². The van der Waals surface area contributed by atoms with Gasteiger partial charge in [0.15, 0.2) is 5.78 Å². The van der Waals surface area contributed by atoms with Gasteiger partial charge in [-0.1, -0.05) is 54.1 Å². The number of hydrogen-bond donors (Lipinski definition) is 2. The SMILES string of the molecule is O=C(/C=C/NNC(=O)c1ccc(-c2ccccc2)cc1)c1ccc(Cl)cc1. The van der Waals surface area contributed by atoms with Crippen molar-refractivity contribution in [1.29, 1.82) is 0 Å². The first-order valence-electron chi connectivity index (χ1n) is 8.31. The highest BCUT2D eigenvalue weighted by Gasteiger charge is 2.05. The third-order valence-electron chi connectivity index (χ3n) is 3.89. The van der Waals surface area contributed by atoms with Crippen molar-refractivity contribution in [3.8, 4) is 11.1 Å². The van der Waals surface area contributed by atoms with Gasteiger partial charge >= 0.3 is 0 Å². The lowest BCUT2D eigenvalue weighted by Crippen LogP contribution is -2.33. The van der Waals surface area contributed by atoms with Gasteiger partial charge < -0.3 is 5.43 Å². The third kappa shape index (κ3) is 5.06. The molecule has 134 valence electrons. The van der Waals surface area contributed by atoms with E-state index in [9.17, 15) is 9.59 Å². The zero-order valence-corrected chi connectivity index (χ0v) is 15.1. The Morgan fingerprint density at radius 2 is 1.33 bits per heavy atom. The van der Waals surface area contributed by atoms with Gasteiger partial charge in [-0.25, -0.2) is 0 Å². The van der Waals surface area contributed by atoms with Gasteiger partial charge in [-0.05, 0) is 47.5 Å². The Balaban J connectivity index is 1.53. The second kappa shape index (κ2) is 8.83. The first-order valence-corrected chi connectivity index (χ1v) is 8.69. The van der Waals surface area contributed by atoms with Crippen LogP contribution in [0.4, 0.5) is 0 Å². The standard InChI is InChI=1S/C22H17ClN2O2/c23-20-12-10-18(11-13-20)21(26)14-15-24-25-22(27)19-8-6-17(7-9-19)16-4-2-1-3-5-16/h1-15,24H,(H,25,27)/b15-14+. The van der Waals surface area contributed by atoms with Gasteiger partial charge in [0.05, 0.1) is 0 Å². The van der Waals surface area contributed by atoms with Crippen molar-refractivity contribution in [1.82, 2.24) is 10.9 Å². The number of benzene rings is 3. The van der Waals surface area contributed by atoms with E-state index >= 15 is 0 Å². The van der Waals surface area contributed by atoms with Crippen LogP contribution in [-0.4, -0.2) is 11.7 Å². The highest BCUT2D eigenvalue weighted by atomic mass is 35.5. The predicted molar refractivity (Wildman–Crippen MR) is 107 cm³/mol. The fourth-order valence-electron chi connectivity index (χ4n) is 2.45. The number of ketones is 1. The van der Waals surface area contributed by atoms with Crippen molar-refractivity contribution in [2.75, 3.05) is 0 Å². The van der Waals surface area contributed by atoms with Crippen molar-refractivity contribution < 1.29 is 9.59 Å². The number of hydrazine groups is 1. The normalized spacial score (nSPS) is 10.6. The van der Waals surface area contributed by atoms with Crippen LogP contribution < -0.4 is 10.9 Å². The molecule has 0 spiro atoms. The summed E-state index contributed by atoms with van der Waals surface area (Å²) < 4.78 is 0. The van der Waals surface area contributed by atoms with Gasteiger partial charge in [0.1, 0.15) is 0 Å². The number of carbonyl (C=O) groups excluding carboxylic acids is 2. The minimum atomic E-state index is -0.293.